The van der Waals surface area contributed by atoms with E-state index in [0.29, 0.717) is 10.7 Å². The first-order valence-electron chi connectivity index (χ1n) is 10.6. The van der Waals surface area contributed by atoms with Crippen molar-refractivity contribution in [2.24, 2.45) is 0 Å². The molecule has 2 aromatic heterocycles. The predicted molar refractivity (Wildman–Crippen MR) is 116 cm³/mol. The molecule has 0 aliphatic carbocycles. The number of hydrogen-bond acceptors (Lipinski definition) is 11. The van der Waals surface area contributed by atoms with E-state index in [-0.39, 0.29) is 6.61 Å². The Morgan fingerprint density at radius 3 is 2.74 bits per heavy atom. The maximum Gasteiger partial charge on any atom is 0.339 e. The molecule has 1 aromatic carbocycles. The zero-order valence-electron chi connectivity index (χ0n) is 18.3. The summed E-state index contributed by atoms with van der Waals surface area (Å²) in [6.07, 6.45) is -0.913. The Balaban J connectivity index is 1.54. The maximum absolute atomic E-state index is 12.6. The van der Waals surface area contributed by atoms with E-state index in [2.05, 4.69) is 15.3 Å². The van der Waals surface area contributed by atoms with Gasteiger partial charge in [-0.2, -0.15) is 0 Å². The second-order valence-electron chi connectivity index (χ2n) is 7.78. The zero-order valence-corrected chi connectivity index (χ0v) is 19.2. The van der Waals surface area contributed by atoms with Crippen LogP contribution in [-0.2, 0) is 33.3 Å². The highest BCUT2D eigenvalue weighted by atomic mass is 32.1. The molecule has 0 spiro atoms. The van der Waals surface area contributed by atoms with Crippen LogP contribution in [0.1, 0.15) is 24.8 Å². The molecule has 178 valence electrons. The number of methoxy groups -OCH3 is 1. The Bertz CT molecular complexity index is 1140. The van der Waals surface area contributed by atoms with Crippen molar-refractivity contribution in [1.29, 1.82) is 0 Å². The van der Waals surface area contributed by atoms with Crippen molar-refractivity contribution in [2.75, 3.05) is 13.7 Å². The summed E-state index contributed by atoms with van der Waals surface area (Å²) in [5, 5.41) is 11.0. The Hall–Kier alpha value is -3.19. The molecule has 4 unspecified atom stereocenters. The fourth-order valence-electron chi connectivity index (χ4n) is 4.18. The van der Waals surface area contributed by atoms with Crippen LogP contribution in [0.2, 0.25) is 0 Å². The predicted octanol–water partition coefficient (Wildman–Crippen LogP) is 1.93. The molecule has 2 aliphatic heterocycles. The largest absolute Gasteiger partial charge is 0.467 e. The molecule has 3 aromatic rings. The molecule has 6 atom stereocenters. The second-order valence-corrected chi connectivity index (χ2v) is 8.68. The summed E-state index contributed by atoms with van der Waals surface area (Å²) in [6.45, 7) is 1.41. The molecule has 0 saturated carbocycles. The molecule has 0 N–H and O–H groups in total. The van der Waals surface area contributed by atoms with Gasteiger partial charge >= 0.3 is 11.9 Å². The summed E-state index contributed by atoms with van der Waals surface area (Å²) in [7, 11) is 1.24. The average Bonchev–Trinajstić information content (AvgIpc) is 3.55. The number of rotatable bonds is 5. The van der Waals surface area contributed by atoms with Crippen LogP contribution in [0, 0.1) is 0 Å². The summed E-state index contributed by atoms with van der Waals surface area (Å²) in [5.41, 5.74) is 1.36. The number of thiazole rings is 1. The Labute approximate surface area is 198 Å². The number of fused-ring (bicyclic) bond motifs is 1. The lowest BCUT2D eigenvalue weighted by molar-refractivity contribution is -0.315. The smallest absolute Gasteiger partial charge is 0.339 e. The highest BCUT2D eigenvalue weighted by Gasteiger charge is 2.55. The number of ether oxygens (including phenoxy) is 5. The van der Waals surface area contributed by atoms with Crippen LogP contribution in [0.15, 0.2) is 48.1 Å². The van der Waals surface area contributed by atoms with Crippen molar-refractivity contribution in [1.82, 2.24) is 20.0 Å². The van der Waals surface area contributed by atoms with Gasteiger partial charge in [-0.05, 0) is 0 Å². The van der Waals surface area contributed by atoms with E-state index in [9.17, 15) is 9.59 Å². The third kappa shape index (κ3) is 4.32. The van der Waals surface area contributed by atoms with Gasteiger partial charge < -0.3 is 23.7 Å². The monoisotopic (exact) mass is 486 g/mol. The number of carbonyl (C=O) groups is 2. The van der Waals surface area contributed by atoms with Gasteiger partial charge in [0.1, 0.15) is 29.0 Å². The van der Waals surface area contributed by atoms with Gasteiger partial charge in [-0.1, -0.05) is 35.5 Å². The molecule has 2 fully saturated rings. The molecule has 2 aliphatic rings. The van der Waals surface area contributed by atoms with Gasteiger partial charge in [-0.15, -0.1) is 16.4 Å². The van der Waals surface area contributed by atoms with Gasteiger partial charge in [0.05, 0.1) is 19.9 Å². The van der Waals surface area contributed by atoms with E-state index in [1.165, 1.54) is 30.1 Å². The standard InChI is InChI=1S/C22H22N4O7S/c1-12(27)31-18-16(26-10-14(24-25-26)20-23-8-9-34-20)17-15(32-19(18)21(28)29-2)11-30-22(33-17)13-6-4-3-5-7-13/h3-10,15-19,22H,11H2,1-2H3/t15?,16?,17-,18?,19+,22?/m0/s1. The number of hydrogen-bond donors (Lipinski definition) is 0. The lowest BCUT2D eigenvalue weighted by Crippen LogP contribution is -2.62. The number of esters is 2. The van der Waals surface area contributed by atoms with E-state index in [0.717, 1.165) is 5.56 Å². The maximum atomic E-state index is 12.6. The number of nitrogens with zero attached hydrogens (tertiary/aromatic N) is 4. The first-order valence-corrected chi connectivity index (χ1v) is 11.5. The summed E-state index contributed by atoms with van der Waals surface area (Å²) >= 11 is 1.41. The lowest BCUT2D eigenvalue weighted by atomic mass is 9.91. The van der Waals surface area contributed by atoms with Gasteiger partial charge in [-0.3, -0.25) is 4.79 Å². The third-order valence-electron chi connectivity index (χ3n) is 5.63. The lowest BCUT2D eigenvalue weighted by Gasteiger charge is -2.48. The van der Waals surface area contributed by atoms with Crippen LogP contribution >= 0.6 is 11.3 Å². The van der Waals surface area contributed by atoms with Crippen LogP contribution < -0.4 is 0 Å². The summed E-state index contributed by atoms with van der Waals surface area (Å²) < 4.78 is 30.3. The molecule has 12 heteroatoms. The molecular weight excluding hydrogens is 464 g/mol. The van der Waals surface area contributed by atoms with E-state index in [1.54, 1.807) is 12.4 Å². The Morgan fingerprint density at radius 1 is 1.21 bits per heavy atom. The third-order valence-corrected chi connectivity index (χ3v) is 6.42. The van der Waals surface area contributed by atoms with Crippen molar-refractivity contribution in [3.63, 3.8) is 0 Å². The first-order chi connectivity index (χ1) is 16.5. The minimum absolute atomic E-state index is 0.148. The minimum Gasteiger partial charge on any atom is -0.467 e. The molecular formula is C22H22N4O7S. The number of carbonyl (C=O) groups excluding carboxylic acids is 2. The molecule has 34 heavy (non-hydrogen) atoms. The van der Waals surface area contributed by atoms with Crippen molar-refractivity contribution < 1.29 is 33.3 Å². The molecule has 5 rings (SSSR count). The molecule has 0 bridgehead atoms. The molecule has 2 saturated heterocycles. The molecule has 0 radical (unpaired) electrons. The van der Waals surface area contributed by atoms with Crippen LogP contribution in [0.4, 0.5) is 0 Å². The Morgan fingerprint density at radius 2 is 2.03 bits per heavy atom. The van der Waals surface area contributed by atoms with Crippen LogP contribution in [0.3, 0.4) is 0 Å². The van der Waals surface area contributed by atoms with Gasteiger partial charge in [0.2, 0.25) is 0 Å². The van der Waals surface area contributed by atoms with E-state index < -0.39 is 48.7 Å². The van der Waals surface area contributed by atoms with Crippen molar-refractivity contribution in [3.8, 4) is 10.7 Å². The quantitative estimate of drug-likeness (QED) is 0.494. The fraction of sp³-hybridized carbons (Fsp3) is 0.409. The van der Waals surface area contributed by atoms with Crippen LogP contribution in [-0.4, -0.2) is 70.0 Å². The Kier molecular flexibility index (Phi) is 6.37. The topological polar surface area (TPSA) is 124 Å². The highest BCUT2D eigenvalue weighted by Crippen LogP contribution is 2.41. The molecule has 0 amide bonds. The first kappa shape index (κ1) is 22.6. The van der Waals surface area contributed by atoms with Crippen molar-refractivity contribution >= 4 is 23.3 Å². The van der Waals surface area contributed by atoms with Gasteiger partial charge in [-0.25, -0.2) is 14.5 Å². The van der Waals surface area contributed by atoms with Crippen molar-refractivity contribution in [3.05, 3.63) is 53.7 Å². The molecule has 11 nitrogen and oxygen atoms in total. The minimum atomic E-state index is -1.20. The highest BCUT2D eigenvalue weighted by molar-refractivity contribution is 7.13. The normalized spacial score (nSPS) is 28.6. The number of benzene rings is 1. The molecule has 4 heterocycles. The second kappa shape index (κ2) is 9.58. The van der Waals surface area contributed by atoms with Crippen molar-refractivity contribution in [2.45, 2.75) is 43.7 Å². The zero-order chi connectivity index (χ0) is 23.7. The number of aromatic nitrogens is 4. The van der Waals surface area contributed by atoms with Gasteiger partial charge in [0.15, 0.2) is 18.5 Å². The van der Waals surface area contributed by atoms with E-state index in [4.69, 9.17) is 23.7 Å². The summed E-state index contributed by atoms with van der Waals surface area (Å²) in [5.74, 6) is -1.27. The van der Waals surface area contributed by atoms with Crippen LogP contribution in [0.25, 0.3) is 10.7 Å². The SMILES string of the molecule is COC(=O)[C@@H]1OC2COC(c3ccccc3)O[C@@H]2C(n2cc(-c3nccs3)nn2)C1OC(C)=O. The van der Waals surface area contributed by atoms with Crippen LogP contribution in [0.5, 0.6) is 0 Å². The van der Waals surface area contributed by atoms with Gasteiger partial charge in [0, 0.05) is 24.1 Å². The fourth-order valence-corrected chi connectivity index (χ4v) is 4.77. The van der Waals surface area contributed by atoms with Gasteiger partial charge in [0.25, 0.3) is 0 Å². The van der Waals surface area contributed by atoms with E-state index in [1.807, 2.05) is 35.7 Å². The summed E-state index contributed by atoms with van der Waals surface area (Å²) in [6, 6.07) is 8.70. The van der Waals surface area contributed by atoms with E-state index >= 15 is 0 Å². The average molecular weight is 487 g/mol. The summed E-state index contributed by atoms with van der Waals surface area (Å²) in [4.78, 5) is 28.9.